The molecular weight excluding hydrogens is 328 g/mol. The third kappa shape index (κ3) is 4.10. The van der Waals surface area contributed by atoms with Crippen molar-refractivity contribution >= 4 is 34.5 Å². The average Bonchev–Trinajstić information content (AvgIpc) is 2.35. The van der Waals surface area contributed by atoms with Crippen LogP contribution in [0.4, 0.5) is 0 Å². The lowest BCUT2D eigenvalue weighted by Gasteiger charge is -2.36. The molecule has 1 rings (SSSR count). The first-order valence-corrected chi connectivity index (χ1v) is 7.41. The highest BCUT2D eigenvalue weighted by atomic mass is 35.5. The van der Waals surface area contributed by atoms with Crippen LogP contribution in [0.15, 0.2) is 10.5 Å². The minimum atomic E-state index is -0.989. The summed E-state index contributed by atoms with van der Waals surface area (Å²) in [6.45, 7) is 5.23. The number of ketones is 2. The Morgan fingerprint density at radius 3 is 2.41 bits per heavy atom. The van der Waals surface area contributed by atoms with Crippen molar-refractivity contribution in [3.63, 3.8) is 0 Å². The molecule has 0 aromatic heterocycles. The molecule has 1 aliphatic rings. The van der Waals surface area contributed by atoms with E-state index in [0.29, 0.717) is 11.3 Å². The Bertz CT molecular complexity index is 543. The number of carbonyl (C=O) groups is 3. The molecule has 0 saturated heterocycles. The van der Waals surface area contributed by atoms with Gasteiger partial charge in [0.2, 0.25) is 0 Å². The van der Waals surface area contributed by atoms with Gasteiger partial charge in [0, 0.05) is 11.3 Å². The molecule has 0 saturated carbocycles. The lowest BCUT2D eigenvalue weighted by Crippen LogP contribution is -3.00. The van der Waals surface area contributed by atoms with Gasteiger partial charge in [-0.3, -0.25) is 25.5 Å². The maximum atomic E-state index is 12.6. The lowest BCUT2D eigenvalue weighted by molar-refractivity contribution is -0.153. The molecule has 1 aliphatic carbocycles. The topological polar surface area (TPSA) is 112 Å². The number of thioether (sulfide) groups is 1. The lowest BCUT2D eigenvalue weighted by atomic mass is 9.68. The minimum Gasteiger partial charge on any atom is -1.00 e. The molecule has 8 heteroatoms. The van der Waals surface area contributed by atoms with Crippen LogP contribution < -0.4 is 23.5 Å². The maximum Gasteiger partial charge on any atom is 0.317 e. The Balaban J connectivity index is 0.00000441. The van der Waals surface area contributed by atoms with Crippen LogP contribution in [0, 0.1) is 11.3 Å². The predicted octanol–water partition coefficient (Wildman–Crippen LogP) is -3.18. The highest BCUT2D eigenvalue weighted by Gasteiger charge is 2.49. The van der Waals surface area contributed by atoms with E-state index < -0.39 is 23.1 Å². The first-order chi connectivity index (χ1) is 9.65. The fraction of sp³-hybridized carbons (Fsp3) is 0.571. The number of esters is 1. The number of halogens is 1. The standard InChI is InChI=1S/C14H20N2O4S.ClH/c1-5-7(17)9-8(21-13(15)16)6-14(2,3)10(11(9)18)12(19)20-4;/h10H,5-6H2,1-4H3,(H3,15,16);1H. The number of ether oxygens (including phenoxy) is 1. The SMILES string of the molecule is CCC(=O)C1=C(SC(N)=[NH2+])CC(C)(C)C(C(=O)OC)C1=O.[Cl-]. The van der Waals surface area contributed by atoms with Gasteiger partial charge in [-0.2, -0.15) is 0 Å². The number of amidine groups is 1. The zero-order valence-electron chi connectivity index (χ0n) is 13.1. The van der Waals surface area contributed by atoms with Crippen molar-refractivity contribution in [3.05, 3.63) is 10.5 Å². The van der Waals surface area contributed by atoms with Gasteiger partial charge < -0.3 is 17.1 Å². The van der Waals surface area contributed by atoms with Crippen molar-refractivity contribution in [1.29, 1.82) is 0 Å². The average molecular weight is 349 g/mol. The van der Waals surface area contributed by atoms with Gasteiger partial charge >= 0.3 is 11.1 Å². The molecule has 1 unspecified atom stereocenters. The van der Waals surface area contributed by atoms with Crippen LogP contribution in [0.5, 0.6) is 0 Å². The molecule has 0 spiro atoms. The molecule has 0 aromatic carbocycles. The van der Waals surface area contributed by atoms with E-state index in [0.717, 1.165) is 11.8 Å². The van der Waals surface area contributed by atoms with Crippen molar-refractivity contribution in [2.75, 3.05) is 7.11 Å². The fourth-order valence-electron chi connectivity index (χ4n) is 2.48. The first kappa shape index (κ1) is 20.7. The van der Waals surface area contributed by atoms with E-state index in [-0.39, 0.29) is 35.4 Å². The zero-order valence-corrected chi connectivity index (χ0v) is 14.6. The molecule has 1 atom stereocenters. The van der Waals surface area contributed by atoms with E-state index in [2.05, 4.69) is 0 Å². The van der Waals surface area contributed by atoms with Gasteiger partial charge in [0.05, 0.1) is 12.7 Å². The van der Waals surface area contributed by atoms with Crippen LogP contribution in [0.1, 0.15) is 33.6 Å². The Kier molecular flexibility index (Phi) is 7.31. The third-order valence-electron chi connectivity index (χ3n) is 3.46. The van der Waals surface area contributed by atoms with Crippen LogP contribution in [0.25, 0.3) is 0 Å². The molecule has 0 amide bonds. The monoisotopic (exact) mass is 348 g/mol. The normalized spacial score (nSPS) is 20.2. The van der Waals surface area contributed by atoms with E-state index in [1.165, 1.54) is 7.11 Å². The summed E-state index contributed by atoms with van der Waals surface area (Å²) in [4.78, 5) is 37.2. The molecule has 0 heterocycles. The molecule has 0 aliphatic heterocycles. The van der Waals surface area contributed by atoms with Crippen molar-refractivity contribution in [2.45, 2.75) is 33.6 Å². The highest BCUT2D eigenvalue weighted by Crippen LogP contribution is 2.45. The van der Waals surface area contributed by atoms with Gasteiger partial charge in [0.15, 0.2) is 11.6 Å². The molecule has 0 bridgehead atoms. The fourth-order valence-corrected chi connectivity index (χ4v) is 3.53. The molecule has 124 valence electrons. The second kappa shape index (κ2) is 7.78. The summed E-state index contributed by atoms with van der Waals surface area (Å²) >= 11 is 1.01. The number of hydrogen-bond donors (Lipinski definition) is 2. The molecule has 0 radical (unpaired) electrons. The maximum absolute atomic E-state index is 12.6. The van der Waals surface area contributed by atoms with Crippen LogP contribution >= 0.6 is 11.8 Å². The number of carbonyl (C=O) groups excluding carboxylic acids is 3. The van der Waals surface area contributed by atoms with Crippen LogP contribution in [0.2, 0.25) is 0 Å². The first-order valence-electron chi connectivity index (χ1n) is 6.59. The number of methoxy groups -OCH3 is 1. The van der Waals surface area contributed by atoms with Crippen molar-refractivity contribution in [3.8, 4) is 0 Å². The number of nitrogens with two attached hydrogens (primary N) is 2. The van der Waals surface area contributed by atoms with Crippen molar-refractivity contribution < 1.29 is 36.9 Å². The number of allylic oxidation sites excluding steroid dienone is 2. The summed E-state index contributed by atoms with van der Waals surface area (Å²) in [6, 6.07) is 0. The van der Waals surface area contributed by atoms with Crippen molar-refractivity contribution in [2.24, 2.45) is 17.1 Å². The Labute approximate surface area is 140 Å². The van der Waals surface area contributed by atoms with Gasteiger partial charge in [-0.25, -0.2) is 0 Å². The number of rotatable bonds is 4. The molecule has 22 heavy (non-hydrogen) atoms. The number of Topliss-reactive ketones (excluding diaryl/α,β-unsaturated/α-hetero) is 2. The molecule has 0 fully saturated rings. The summed E-state index contributed by atoms with van der Waals surface area (Å²) in [6.07, 6.45) is 0.534. The molecular formula is C14H21ClN2O4S. The molecule has 4 N–H and O–H groups in total. The molecule has 0 aromatic rings. The smallest absolute Gasteiger partial charge is 0.317 e. The van der Waals surface area contributed by atoms with Crippen LogP contribution in [0.3, 0.4) is 0 Å². The van der Waals surface area contributed by atoms with E-state index in [1.54, 1.807) is 20.8 Å². The summed E-state index contributed by atoms with van der Waals surface area (Å²) in [5.41, 5.74) is 4.86. The van der Waals surface area contributed by atoms with Gasteiger partial charge in [-0.05, 0) is 23.6 Å². The van der Waals surface area contributed by atoms with Crippen LogP contribution in [-0.2, 0) is 19.1 Å². The van der Waals surface area contributed by atoms with E-state index in [1.807, 2.05) is 0 Å². The van der Waals surface area contributed by atoms with Gasteiger partial charge in [0.1, 0.15) is 5.92 Å². The summed E-state index contributed by atoms with van der Waals surface area (Å²) in [5.74, 6) is -2.43. The highest BCUT2D eigenvalue weighted by molar-refractivity contribution is 8.16. The molecule has 6 nitrogen and oxygen atoms in total. The second-order valence-electron chi connectivity index (χ2n) is 5.57. The quantitative estimate of drug-likeness (QED) is 0.182. The van der Waals surface area contributed by atoms with E-state index in [4.69, 9.17) is 15.9 Å². The van der Waals surface area contributed by atoms with E-state index in [9.17, 15) is 14.4 Å². The zero-order chi connectivity index (χ0) is 16.4. The van der Waals surface area contributed by atoms with Gasteiger partial charge in [0.25, 0.3) is 0 Å². The summed E-state index contributed by atoms with van der Waals surface area (Å²) in [5, 5.41) is 5.55. The Morgan fingerprint density at radius 1 is 1.45 bits per heavy atom. The Hall–Kier alpha value is -1.34. The third-order valence-corrected chi connectivity index (χ3v) is 4.29. The van der Waals surface area contributed by atoms with E-state index >= 15 is 0 Å². The van der Waals surface area contributed by atoms with Crippen molar-refractivity contribution in [1.82, 2.24) is 0 Å². The van der Waals surface area contributed by atoms with Gasteiger partial charge in [-0.15, -0.1) is 0 Å². The van der Waals surface area contributed by atoms with Crippen LogP contribution in [-0.4, -0.2) is 29.8 Å². The predicted molar refractivity (Wildman–Crippen MR) is 79.9 cm³/mol. The Morgan fingerprint density at radius 2 is 2.00 bits per heavy atom. The summed E-state index contributed by atoms with van der Waals surface area (Å²) < 4.78 is 4.72. The minimum absolute atomic E-state index is 0. The van der Waals surface area contributed by atoms with Gasteiger partial charge in [-0.1, -0.05) is 20.8 Å². The largest absolute Gasteiger partial charge is 1.00 e. The second-order valence-corrected chi connectivity index (χ2v) is 6.73. The number of hydrogen-bond acceptors (Lipinski definition) is 5. The summed E-state index contributed by atoms with van der Waals surface area (Å²) in [7, 11) is 1.23.